The van der Waals surface area contributed by atoms with Crippen LogP contribution in [0.4, 0.5) is 14.5 Å². The number of rotatable bonds is 6. The van der Waals surface area contributed by atoms with Crippen LogP contribution in [-0.4, -0.2) is 67.2 Å². The Kier molecular flexibility index (Phi) is 5.01. The highest BCUT2D eigenvalue weighted by molar-refractivity contribution is 5.78. The number of carbonyl (C=O) groups is 1. The summed E-state index contributed by atoms with van der Waals surface area (Å²) < 4.78 is 26.8. The Morgan fingerprint density at radius 2 is 2.17 bits per heavy atom. The van der Waals surface area contributed by atoms with E-state index in [1.807, 2.05) is 12.1 Å². The molecule has 0 saturated carbocycles. The number of aliphatic hydroxyl groups is 1. The molecular weight excluding hydrogens is 316 g/mol. The van der Waals surface area contributed by atoms with Crippen molar-refractivity contribution in [2.45, 2.75) is 24.8 Å². The lowest BCUT2D eigenvalue weighted by Crippen LogP contribution is -2.43. The summed E-state index contributed by atoms with van der Waals surface area (Å²) in [7, 11) is 0. The van der Waals surface area contributed by atoms with Crippen molar-refractivity contribution >= 4 is 11.6 Å². The number of hydrogen-bond acceptors (Lipinski definition) is 4. The van der Waals surface area contributed by atoms with E-state index in [9.17, 15) is 18.7 Å². The molecule has 1 atom stereocenters. The van der Waals surface area contributed by atoms with E-state index in [1.54, 1.807) is 0 Å². The first-order chi connectivity index (χ1) is 11.5. The van der Waals surface area contributed by atoms with Gasteiger partial charge in [-0.15, -0.1) is 0 Å². The molecule has 2 heterocycles. The highest BCUT2D eigenvalue weighted by Gasteiger charge is 2.44. The van der Waals surface area contributed by atoms with Gasteiger partial charge in [-0.1, -0.05) is 18.2 Å². The molecule has 1 aromatic rings. The summed E-state index contributed by atoms with van der Waals surface area (Å²) in [4.78, 5) is 15.6. The monoisotopic (exact) mass is 339 g/mol. The average molecular weight is 339 g/mol. The van der Waals surface area contributed by atoms with Crippen molar-refractivity contribution in [2.24, 2.45) is 0 Å². The number of halogens is 2. The van der Waals surface area contributed by atoms with Gasteiger partial charge in [0.2, 0.25) is 5.91 Å². The predicted molar refractivity (Wildman–Crippen MR) is 87.4 cm³/mol. The molecule has 2 aliphatic heterocycles. The fourth-order valence-corrected chi connectivity index (χ4v) is 3.54. The van der Waals surface area contributed by atoms with E-state index in [0.29, 0.717) is 13.1 Å². The molecule has 24 heavy (non-hydrogen) atoms. The maximum atomic E-state index is 13.4. The van der Waals surface area contributed by atoms with Crippen molar-refractivity contribution < 1.29 is 18.7 Å². The molecular formula is C17H23F2N3O2. The van der Waals surface area contributed by atoms with Crippen LogP contribution in [0.25, 0.3) is 0 Å². The van der Waals surface area contributed by atoms with Crippen LogP contribution in [0.3, 0.4) is 0 Å². The van der Waals surface area contributed by atoms with Gasteiger partial charge in [0, 0.05) is 37.8 Å². The van der Waals surface area contributed by atoms with Crippen LogP contribution in [0.5, 0.6) is 0 Å². The van der Waals surface area contributed by atoms with Crippen LogP contribution in [-0.2, 0) is 11.2 Å². The highest BCUT2D eigenvalue weighted by Crippen LogP contribution is 2.31. The zero-order valence-electron chi connectivity index (χ0n) is 13.5. The molecule has 7 heteroatoms. The summed E-state index contributed by atoms with van der Waals surface area (Å²) in [6, 6.07) is 7.56. The fourth-order valence-electron chi connectivity index (χ4n) is 3.54. The third-order valence-corrected chi connectivity index (χ3v) is 4.73. The third-order valence-electron chi connectivity index (χ3n) is 4.73. The zero-order chi connectivity index (χ0) is 17.2. The highest BCUT2D eigenvalue weighted by atomic mass is 19.3. The van der Waals surface area contributed by atoms with Crippen molar-refractivity contribution in [3.05, 3.63) is 29.8 Å². The molecule has 0 aliphatic carbocycles. The van der Waals surface area contributed by atoms with Crippen LogP contribution in [0.1, 0.15) is 12.0 Å². The van der Waals surface area contributed by atoms with Crippen LogP contribution >= 0.6 is 0 Å². The Bertz CT molecular complexity index is 597. The number of nitrogens with zero attached hydrogens (tertiary/aromatic N) is 2. The summed E-state index contributed by atoms with van der Waals surface area (Å²) in [5, 5.41) is 12.0. The number of para-hydroxylation sites is 1. The first-order valence-corrected chi connectivity index (χ1v) is 8.31. The minimum atomic E-state index is -2.83. The molecule has 1 fully saturated rings. The van der Waals surface area contributed by atoms with Crippen molar-refractivity contribution in [3.8, 4) is 0 Å². The van der Waals surface area contributed by atoms with E-state index in [4.69, 9.17) is 0 Å². The van der Waals surface area contributed by atoms with Crippen molar-refractivity contribution in [2.75, 3.05) is 44.2 Å². The van der Waals surface area contributed by atoms with Gasteiger partial charge in [-0.25, -0.2) is 8.78 Å². The molecule has 0 bridgehead atoms. The molecule has 1 aromatic carbocycles. The summed E-state index contributed by atoms with van der Waals surface area (Å²) in [5.74, 6) is -3.11. The van der Waals surface area contributed by atoms with E-state index in [0.717, 1.165) is 13.0 Å². The zero-order valence-corrected chi connectivity index (χ0v) is 13.5. The topological polar surface area (TPSA) is 55.8 Å². The molecule has 0 spiro atoms. The lowest BCUT2D eigenvalue weighted by atomic mass is 10.2. The second-order valence-corrected chi connectivity index (χ2v) is 6.52. The Morgan fingerprint density at radius 1 is 1.38 bits per heavy atom. The van der Waals surface area contributed by atoms with Gasteiger partial charge in [0.05, 0.1) is 19.7 Å². The SMILES string of the molecule is O=C(CN1CC(F)(F)CC1CO)NCCN1CCc2ccccc21. The van der Waals surface area contributed by atoms with Crippen LogP contribution in [0.15, 0.2) is 24.3 Å². The van der Waals surface area contributed by atoms with Gasteiger partial charge < -0.3 is 15.3 Å². The second-order valence-electron chi connectivity index (χ2n) is 6.52. The van der Waals surface area contributed by atoms with Gasteiger partial charge in [-0.05, 0) is 18.1 Å². The molecule has 1 saturated heterocycles. The van der Waals surface area contributed by atoms with Gasteiger partial charge in [-0.2, -0.15) is 0 Å². The Morgan fingerprint density at radius 3 is 2.96 bits per heavy atom. The molecule has 5 nitrogen and oxygen atoms in total. The van der Waals surface area contributed by atoms with Gasteiger partial charge in [0.1, 0.15) is 0 Å². The van der Waals surface area contributed by atoms with E-state index in [2.05, 4.69) is 22.3 Å². The van der Waals surface area contributed by atoms with Crippen LogP contribution in [0.2, 0.25) is 0 Å². The number of likely N-dealkylation sites (tertiary alicyclic amines) is 1. The van der Waals surface area contributed by atoms with Crippen molar-refractivity contribution in [3.63, 3.8) is 0 Å². The van der Waals surface area contributed by atoms with E-state index >= 15 is 0 Å². The fraction of sp³-hybridized carbons (Fsp3) is 0.588. The van der Waals surface area contributed by atoms with Crippen LogP contribution in [0, 0.1) is 0 Å². The molecule has 1 amide bonds. The third kappa shape index (κ3) is 3.84. The quantitative estimate of drug-likeness (QED) is 0.807. The second kappa shape index (κ2) is 7.03. The number of amides is 1. The van der Waals surface area contributed by atoms with Gasteiger partial charge in [0.15, 0.2) is 0 Å². The van der Waals surface area contributed by atoms with E-state index < -0.39 is 18.5 Å². The largest absolute Gasteiger partial charge is 0.395 e. The molecule has 3 rings (SSSR count). The Hall–Kier alpha value is -1.73. The van der Waals surface area contributed by atoms with E-state index in [1.165, 1.54) is 16.2 Å². The number of alkyl halides is 2. The Balaban J connectivity index is 1.44. The van der Waals surface area contributed by atoms with Crippen molar-refractivity contribution in [1.29, 1.82) is 0 Å². The molecule has 1 unspecified atom stereocenters. The average Bonchev–Trinajstić information content (AvgIpc) is 3.08. The molecule has 132 valence electrons. The number of carbonyl (C=O) groups excluding carboxylic acids is 1. The van der Waals surface area contributed by atoms with Gasteiger partial charge >= 0.3 is 0 Å². The molecule has 0 radical (unpaired) electrons. The van der Waals surface area contributed by atoms with Gasteiger partial charge in [-0.3, -0.25) is 9.69 Å². The number of benzene rings is 1. The number of anilines is 1. The standard InChI is InChI=1S/C17H23F2N3O2/c18-17(19)9-14(11-23)22(12-17)10-16(24)20-6-8-21-7-5-13-3-1-2-4-15(13)21/h1-4,14,23H,5-12H2,(H,20,24). The summed E-state index contributed by atoms with van der Waals surface area (Å²) in [6.45, 7) is 1.18. The molecule has 2 N–H and O–H groups in total. The smallest absolute Gasteiger partial charge is 0.262 e. The van der Waals surface area contributed by atoms with Gasteiger partial charge in [0.25, 0.3) is 5.92 Å². The van der Waals surface area contributed by atoms with Crippen LogP contribution < -0.4 is 10.2 Å². The number of nitrogens with one attached hydrogen (secondary N) is 1. The first-order valence-electron chi connectivity index (χ1n) is 8.31. The Labute approximate surface area is 140 Å². The normalized spacial score (nSPS) is 22.6. The predicted octanol–water partition coefficient (Wildman–Crippen LogP) is 0.867. The minimum absolute atomic E-state index is 0.0998. The first kappa shape index (κ1) is 17.1. The minimum Gasteiger partial charge on any atom is -0.395 e. The molecule has 0 aromatic heterocycles. The number of hydrogen-bond donors (Lipinski definition) is 2. The maximum Gasteiger partial charge on any atom is 0.262 e. The lowest BCUT2D eigenvalue weighted by Gasteiger charge is -2.22. The maximum absolute atomic E-state index is 13.4. The summed E-state index contributed by atoms with van der Waals surface area (Å²) >= 11 is 0. The molecule has 2 aliphatic rings. The number of fused-ring (bicyclic) bond motifs is 1. The van der Waals surface area contributed by atoms with E-state index in [-0.39, 0.29) is 25.5 Å². The van der Waals surface area contributed by atoms with Crippen molar-refractivity contribution in [1.82, 2.24) is 10.2 Å². The summed E-state index contributed by atoms with van der Waals surface area (Å²) in [5.41, 5.74) is 2.51. The lowest BCUT2D eigenvalue weighted by molar-refractivity contribution is -0.122. The number of aliphatic hydroxyl groups excluding tert-OH is 1. The summed E-state index contributed by atoms with van der Waals surface area (Å²) in [6.07, 6.45) is 0.618.